The number of nitrogens with zero attached hydrogens (tertiary/aromatic N) is 1. The smallest absolute Gasteiger partial charge is 0.261 e. The van der Waals surface area contributed by atoms with Gasteiger partial charge < -0.3 is 0 Å². The van der Waals surface area contributed by atoms with Gasteiger partial charge in [-0.3, -0.25) is 4.18 Å². The SMILES string of the molecule is O=S(=O)(OCc1ccc(I)nc1)c1ccccc1. The number of aromatic nitrogens is 1. The maximum atomic E-state index is 11.8. The van der Waals surface area contributed by atoms with Crippen molar-refractivity contribution in [3.05, 3.63) is 57.9 Å². The average Bonchev–Trinajstić information content (AvgIpc) is 2.39. The first-order valence-electron chi connectivity index (χ1n) is 5.13. The second-order valence-corrected chi connectivity index (χ2v) is 6.24. The van der Waals surface area contributed by atoms with Gasteiger partial charge in [-0.25, -0.2) is 4.98 Å². The molecule has 2 aromatic rings. The van der Waals surface area contributed by atoms with Crippen molar-refractivity contribution >= 4 is 32.7 Å². The van der Waals surface area contributed by atoms with E-state index in [9.17, 15) is 8.42 Å². The normalized spacial score (nSPS) is 11.4. The minimum atomic E-state index is -3.70. The molecule has 0 atom stereocenters. The summed E-state index contributed by atoms with van der Waals surface area (Å²) >= 11 is 2.08. The van der Waals surface area contributed by atoms with Gasteiger partial charge in [-0.15, -0.1) is 0 Å². The van der Waals surface area contributed by atoms with Gasteiger partial charge in [0.15, 0.2) is 0 Å². The minimum Gasteiger partial charge on any atom is -0.261 e. The summed E-state index contributed by atoms with van der Waals surface area (Å²) in [6.07, 6.45) is 1.60. The standard InChI is InChI=1S/C12H10INO3S/c13-12-7-6-10(8-14-12)9-17-18(15,16)11-4-2-1-3-5-11/h1-8H,9H2. The maximum Gasteiger partial charge on any atom is 0.297 e. The van der Waals surface area contributed by atoms with Gasteiger partial charge in [-0.1, -0.05) is 24.3 Å². The van der Waals surface area contributed by atoms with Crippen LogP contribution in [0.4, 0.5) is 0 Å². The molecule has 2 rings (SSSR count). The third-order valence-corrected chi connectivity index (χ3v) is 4.12. The van der Waals surface area contributed by atoms with Crippen LogP contribution in [0.5, 0.6) is 0 Å². The first-order valence-corrected chi connectivity index (χ1v) is 7.61. The molecule has 0 amide bonds. The molecule has 94 valence electrons. The zero-order valence-corrected chi connectivity index (χ0v) is 12.3. The van der Waals surface area contributed by atoms with Crippen LogP contribution in [0.15, 0.2) is 53.6 Å². The quantitative estimate of drug-likeness (QED) is 0.468. The summed E-state index contributed by atoms with van der Waals surface area (Å²) in [7, 11) is -3.70. The van der Waals surface area contributed by atoms with E-state index in [1.165, 1.54) is 12.1 Å². The predicted molar refractivity (Wildman–Crippen MR) is 75.4 cm³/mol. The number of rotatable bonds is 4. The molecular weight excluding hydrogens is 365 g/mol. The van der Waals surface area contributed by atoms with Gasteiger partial charge >= 0.3 is 0 Å². The molecular formula is C12H10INO3S. The molecule has 0 aliphatic heterocycles. The van der Waals surface area contributed by atoms with Crippen LogP contribution in [0.3, 0.4) is 0 Å². The Morgan fingerprint density at radius 1 is 1.11 bits per heavy atom. The second-order valence-electron chi connectivity index (χ2n) is 3.52. The predicted octanol–water partition coefficient (Wildman–Crippen LogP) is 2.59. The number of pyridine rings is 1. The van der Waals surface area contributed by atoms with Gasteiger partial charge in [-0.05, 0) is 46.4 Å². The Labute approximate surface area is 119 Å². The summed E-state index contributed by atoms with van der Waals surface area (Å²) in [6.45, 7) is -0.0128. The maximum absolute atomic E-state index is 11.8. The fraction of sp³-hybridized carbons (Fsp3) is 0.0833. The van der Waals surface area contributed by atoms with Gasteiger partial charge in [0, 0.05) is 6.20 Å². The highest BCUT2D eigenvalue weighted by Crippen LogP contribution is 2.14. The summed E-state index contributed by atoms with van der Waals surface area (Å²) in [4.78, 5) is 4.22. The summed E-state index contributed by atoms with van der Waals surface area (Å²) < 4.78 is 29.5. The third-order valence-electron chi connectivity index (χ3n) is 2.20. The second kappa shape index (κ2) is 5.77. The lowest BCUT2D eigenvalue weighted by Crippen LogP contribution is -2.06. The molecule has 0 bridgehead atoms. The van der Waals surface area contributed by atoms with Crippen molar-refractivity contribution in [1.82, 2.24) is 4.98 Å². The van der Waals surface area contributed by atoms with Crippen molar-refractivity contribution in [3.63, 3.8) is 0 Å². The van der Waals surface area contributed by atoms with E-state index in [1.54, 1.807) is 36.5 Å². The van der Waals surface area contributed by atoms with Crippen molar-refractivity contribution in [2.75, 3.05) is 0 Å². The van der Waals surface area contributed by atoms with E-state index in [0.717, 1.165) is 9.26 Å². The fourth-order valence-electron chi connectivity index (χ4n) is 1.29. The Hall–Kier alpha value is -0.990. The highest BCUT2D eigenvalue weighted by atomic mass is 127. The van der Waals surface area contributed by atoms with Gasteiger partial charge in [0.05, 0.1) is 11.5 Å². The van der Waals surface area contributed by atoms with E-state index in [0.29, 0.717) is 0 Å². The first kappa shape index (κ1) is 13.4. The van der Waals surface area contributed by atoms with E-state index < -0.39 is 10.1 Å². The van der Waals surface area contributed by atoms with Crippen LogP contribution in [0.25, 0.3) is 0 Å². The Morgan fingerprint density at radius 3 is 2.44 bits per heavy atom. The largest absolute Gasteiger partial charge is 0.297 e. The van der Waals surface area contributed by atoms with Crippen LogP contribution < -0.4 is 0 Å². The Kier molecular flexibility index (Phi) is 4.31. The number of halogens is 1. The number of hydrogen-bond donors (Lipinski definition) is 0. The molecule has 4 nitrogen and oxygen atoms in total. The van der Waals surface area contributed by atoms with Crippen LogP contribution in [0.1, 0.15) is 5.56 Å². The Morgan fingerprint density at radius 2 is 1.83 bits per heavy atom. The van der Waals surface area contributed by atoms with Crippen molar-refractivity contribution in [2.45, 2.75) is 11.5 Å². The molecule has 1 heterocycles. The number of hydrogen-bond acceptors (Lipinski definition) is 4. The molecule has 1 aromatic heterocycles. The molecule has 0 spiro atoms. The van der Waals surface area contributed by atoms with Gasteiger partial charge in [0.1, 0.15) is 3.70 Å². The Balaban J connectivity index is 2.08. The molecule has 0 fully saturated rings. The summed E-state index contributed by atoms with van der Waals surface area (Å²) in [5.74, 6) is 0. The Bertz CT molecular complexity index is 612. The minimum absolute atomic E-state index is 0.0128. The van der Waals surface area contributed by atoms with Crippen LogP contribution in [0, 0.1) is 3.70 Å². The van der Waals surface area contributed by atoms with Crippen molar-refractivity contribution in [1.29, 1.82) is 0 Å². The fourth-order valence-corrected chi connectivity index (χ4v) is 2.53. The highest BCUT2D eigenvalue weighted by Gasteiger charge is 2.14. The van der Waals surface area contributed by atoms with E-state index in [4.69, 9.17) is 4.18 Å². The summed E-state index contributed by atoms with van der Waals surface area (Å²) in [6, 6.07) is 11.7. The molecule has 0 saturated heterocycles. The zero-order valence-electron chi connectivity index (χ0n) is 9.28. The van der Waals surface area contributed by atoms with Gasteiger partial charge in [-0.2, -0.15) is 8.42 Å². The molecule has 0 unspecified atom stereocenters. The lowest BCUT2D eigenvalue weighted by Gasteiger charge is -2.05. The van der Waals surface area contributed by atoms with Gasteiger partial charge in [0.25, 0.3) is 10.1 Å². The first-order chi connectivity index (χ1) is 8.58. The summed E-state index contributed by atoms with van der Waals surface area (Å²) in [5.41, 5.74) is 0.718. The molecule has 0 aliphatic carbocycles. The van der Waals surface area contributed by atoms with E-state index in [1.807, 2.05) is 0 Å². The molecule has 0 aliphatic rings. The zero-order chi connectivity index (χ0) is 13.0. The molecule has 0 N–H and O–H groups in total. The molecule has 0 saturated carbocycles. The van der Waals surface area contributed by atoms with E-state index in [2.05, 4.69) is 27.6 Å². The lowest BCUT2D eigenvalue weighted by molar-refractivity contribution is 0.307. The summed E-state index contributed by atoms with van der Waals surface area (Å²) in [5, 5.41) is 0. The highest BCUT2D eigenvalue weighted by molar-refractivity contribution is 14.1. The average molecular weight is 375 g/mol. The van der Waals surface area contributed by atoms with Crippen LogP contribution >= 0.6 is 22.6 Å². The topological polar surface area (TPSA) is 56.3 Å². The molecule has 0 radical (unpaired) electrons. The molecule has 1 aromatic carbocycles. The van der Waals surface area contributed by atoms with Crippen LogP contribution in [-0.2, 0) is 20.9 Å². The molecule has 6 heteroatoms. The van der Waals surface area contributed by atoms with Crippen molar-refractivity contribution < 1.29 is 12.6 Å². The van der Waals surface area contributed by atoms with Gasteiger partial charge in [0.2, 0.25) is 0 Å². The molecule has 18 heavy (non-hydrogen) atoms. The number of benzene rings is 1. The lowest BCUT2D eigenvalue weighted by atomic mass is 10.3. The van der Waals surface area contributed by atoms with E-state index in [-0.39, 0.29) is 11.5 Å². The van der Waals surface area contributed by atoms with Crippen LogP contribution in [0.2, 0.25) is 0 Å². The third kappa shape index (κ3) is 3.50. The van der Waals surface area contributed by atoms with Crippen LogP contribution in [-0.4, -0.2) is 13.4 Å². The van der Waals surface area contributed by atoms with Crippen molar-refractivity contribution in [2.24, 2.45) is 0 Å². The van der Waals surface area contributed by atoms with Crippen molar-refractivity contribution in [3.8, 4) is 0 Å². The van der Waals surface area contributed by atoms with E-state index >= 15 is 0 Å². The monoisotopic (exact) mass is 375 g/mol.